The largest absolute Gasteiger partial charge is 0.494 e. The number of carbonyl (C=O) groups is 2. The number of nitrogens with one attached hydrogen (secondary N) is 1. The van der Waals surface area contributed by atoms with Gasteiger partial charge in [0.2, 0.25) is 0 Å². The number of benzene rings is 2. The summed E-state index contributed by atoms with van der Waals surface area (Å²) in [5.74, 6) is 0.718. The predicted molar refractivity (Wildman–Crippen MR) is 160 cm³/mol. The van der Waals surface area contributed by atoms with Crippen LogP contribution in [0.4, 0.5) is 5.69 Å². The quantitative estimate of drug-likeness (QED) is 0.263. The molecule has 1 aliphatic carbocycles. The molecule has 1 aliphatic heterocycles. The highest BCUT2D eigenvalue weighted by atomic mass is 16.5. The summed E-state index contributed by atoms with van der Waals surface area (Å²) in [5, 5.41) is 2.95. The third kappa shape index (κ3) is 8.09. The van der Waals surface area contributed by atoms with Crippen molar-refractivity contribution in [3.05, 3.63) is 59.7 Å². The number of carbonyl (C=O) groups excluding carboxylic acids is 2. The fraction of sp³-hybridized carbons (Fsp3) is 0.588. The first kappa shape index (κ1) is 29.2. The number of amides is 2. The molecule has 5 heteroatoms. The van der Waals surface area contributed by atoms with Gasteiger partial charge in [-0.1, -0.05) is 72.6 Å². The summed E-state index contributed by atoms with van der Waals surface area (Å²) in [6, 6.07) is 14.9. The highest BCUT2D eigenvalue weighted by molar-refractivity contribution is 6.04. The second kappa shape index (κ2) is 13.0. The van der Waals surface area contributed by atoms with E-state index in [1.54, 1.807) is 12.1 Å². The monoisotopic (exact) mass is 532 g/mol. The maximum Gasteiger partial charge on any atom is 0.255 e. The lowest BCUT2D eigenvalue weighted by atomic mass is 9.65. The molecule has 1 saturated heterocycles. The van der Waals surface area contributed by atoms with Crippen LogP contribution in [0.1, 0.15) is 119 Å². The molecule has 2 atom stereocenters. The summed E-state index contributed by atoms with van der Waals surface area (Å²) < 4.78 is 5.86. The Morgan fingerprint density at radius 2 is 1.46 bits per heavy atom. The summed E-state index contributed by atoms with van der Waals surface area (Å²) >= 11 is 0. The average Bonchev–Trinajstić information content (AvgIpc) is 3.16. The van der Waals surface area contributed by atoms with E-state index in [-0.39, 0.29) is 22.6 Å². The lowest BCUT2D eigenvalue weighted by Crippen LogP contribution is -2.37. The molecule has 5 nitrogen and oxygen atoms in total. The number of nitrogens with zero attached hydrogens (tertiary/aromatic N) is 1. The summed E-state index contributed by atoms with van der Waals surface area (Å²) in [6.45, 7) is 10.8. The summed E-state index contributed by atoms with van der Waals surface area (Å²) in [4.78, 5) is 28.2. The number of hydrogen-bond donors (Lipinski definition) is 1. The van der Waals surface area contributed by atoms with Gasteiger partial charge in [0, 0.05) is 29.4 Å². The lowest BCUT2D eigenvalue weighted by molar-refractivity contribution is 0.0708. The maximum atomic E-state index is 13.3. The summed E-state index contributed by atoms with van der Waals surface area (Å²) in [6.07, 6.45) is 13.5. The number of rotatable bonds is 13. The van der Waals surface area contributed by atoms with Crippen LogP contribution in [-0.4, -0.2) is 35.9 Å². The first-order chi connectivity index (χ1) is 18.7. The Balaban J connectivity index is 1.21. The third-order valence-corrected chi connectivity index (χ3v) is 8.45. The average molecular weight is 533 g/mol. The second-order valence-corrected chi connectivity index (χ2v) is 13.0. The van der Waals surface area contributed by atoms with Crippen molar-refractivity contribution in [2.75, 3.05) is 18.5 Å². The van der Waals surface area contributed by atoms with Crippen molar-refractivity contribution in [1.82, 2.24) is 4.90 Å². The van der Waals surface area contributed by atoms with Crippen molar-refractivity contribution in [2.45, 2.75) is 104 Å². The van der Waals surface area contributed by atoms with Crippen molar-refractivity contribution in [2.24, 2.45) is 10.8 Å². The van der Waals surface area contributed by atoms with E-state index in [1.807, 2.05) is 36.4 Å². The predicted octanol–water partition coefficient (Wildman–Crippen LogP) is 8.50. The van der Waals surface area contributed by atoms with E-state index < -0.39 is 0 Å². The molecule has 2 bridgehead atoms. The van der Waals surface area contributed by atoms with Crippen molar-refractivity contribution < 1.29 is 14.3 Å². The molecule has 2 aromatic carbocycles. The van der Waals surface area contributed by atoms with Crippen LogP contribution < -0.4 is 10.1 Å². The summed E-state index contributed by atoms with van der Waals surface area (Å²) in [5.41, 5.74) is 2.43. The zero-order valence-electron chi connectivity index (χ0n) is 24.6. The van der Waals surface area contributed by atoms with Gasteiger partial charge in [0.25, 0.3) is 11.8 Å². The van der Waals surface area contributed by atoms with Crippen LogP contribution in [0, 0.1) is 10.8 Å². The smallest absolute Gasteiger partial charge is 0.255 e. The van der Waals surface area contributed by atoms with Crippen molar-refractivity contribution in [3.8, 4) is 5.75 Å². The first-order valence-corrected chi connectivity index (χ1v) is 15.1. The van der Waals surface area contributed by atoms with Crippen LogP contribution in [0.2, 0.25) is 0 Å². The molecule has 39 heavy (non-hydrogen) atoms. The Morgan fingerprint density at radius 3 is 2.13 bits per heavy atom. The highest BCUT2D eigenvalue weighted by Gasteiger charge is 2.51. The van der Waals surface area contributed by atoms with E-state index >= 15 is 0 Å². The van der Waals surface area contributed by atoms with E-state index in [1.165, 1.54) is 44.9 Å². The number of unbranched alkanes of at least 4 members (excludes halogenated alkanes) is 7. The van der Waals surface area contributed by atoms with Gasteiger partial charge in [0.1, 0.15) is 5.75 Å². The second-order valence-electron chi connectivity index (χ2n) is 13.0. The molecule has 2 amide bonds. The van der Waals surface area contributed by atoms with Gasteiger partial charge in [-0.2, -0.15) is 0 Å². The number of likely N-dealkylation sites (tertiary alicyclic amines) is 1. The number of ether oxygens (including phenoxy) is 1. The minimum atomic E-state index is -0.174. The van der Waals surface area contributed by atoms with Gasteiger partial charge >= 0.3 is 0 Å². The van der Waals surface area contributed by atoms with Gasteiger partial charge in [-0.3, -0.25) is 9.59 Å². The molecule has 212 valence electrons. The van der Waals surface area contributed by atoms with Gasteiger partial charge in [0.15, 0.2) is 0 Å². The molecule has 1 heterocycles. The van der Waals surface area contributed by atoms with Crippen LogP contribution in [0.5, 0.6) is 5.75 Å². The van der Waals surface area contributed by atoms with E-state index in [4.69, 9.17) is 4.74 Å². The Bertz CT molecular complexity index is 1090. The normalized spacial score (nSPS) is 21.5. The molecule has 4 rings (SSSR count). The van der Waals surface area contributed by atoms with Crippen LogP contribution in [0.3, 0.4) is 0 Å². The molecule has 0 unspecified atom stereocenters. The first-order valence-electron chi connectivity index (χ1n) is 15.1. The van der Waals surface area contributed by atoms with Gasteiger partial charge in [-0.05, 0) is 85.0 Å². The fourth-order valence-corrected chi connectivity index (χ4v) is 6.89. The van der Waals surface area contributed by atoms with Crippen molar-refractivity contribution >= 4 is 17.5 Å². The molecule has 2 fully saturated rings. The Labute approximate surface area is 235 Å². The zero-order chi connectivity index (χ0) is 27.9. The van der Waals surface area contributed by atoms with Crippen LogP contribution in [0.15, 0.2) is 48.5 Å². The molecule has 2 aliphatic rings. The lowest BCUT2D eigenvalue weighted by Gasteiger charge is -2.39. The topological polar surface area (TPSA) is 58.6 Å². The van der Waals surface area contributed by atoms with Gasteiger partial charge < -0.3 is 15.0 Å². The van der Waals surface area contributed by atoms with E-state index in [2.05, 4.69) is 37.9 Å². The molecule has 1 saturated carbocycles. The minimum absolute atomic E-state index is 0.0989. The molecule has 0 aromatic heterocycles. The van der Waals surface area contributed by atoms with Crippen LogP contribution >= 0.6 is 0 Å². The van der Waals surface area contributed by atoms with Crippen molar-refractivity contribution in [1.29, 1.82) is 0 Å². The number of hydrogen-bond acceptors (Lipinski definition) is 3. The molecular formula is C34H48N2O3. The van der Waals surface area contributed by atoms with Crippen LogP contribution in [0.25, 0.3) is 0 Å². The highest BCUT2D eigenvalue weighted by Crippen LogP contribution is 2.52. The number of fused-ring (bicyclic) bond motifs is 2. The van der Waals surface area contributed by atoms with E-state index in [9.17, 15) is 9.59 Å². The Hall–Kier alpha value is -2.82. The van der Waals surface area contributed by atoms with Crippen LogP contribution in [-0.2, 0) is 0 Å². The van der Waals surface area contributed by atoms with Gasteiger partial charge in [-0.15, -0.1) is 0 Å². The summed E-state index contributed by atoms with van der Waals surface area (Å²) in [7, 11) is 0. The molecule has 1 N–H and O–H groups in total. The third-order valence-electron chi connectivity index (χ3n) is 8.45. The molecule has 0 spiro atoms. The molecule has 2 aromatic rings. The molecular weight excluding hydrogens is 484 g/mol. The van der Waals surface area contributed by atoms with Crippen molar-refractivity contribution in [3.63, 3.8) is 0 Å². The van der Waals surface area contributed by atoms with E-state index in [0.29, 0.717) is 29.5 Å². The fourth-order valence-electron chi connectivity index (χ4n) is 6.89. The molecule has 0 radical (unpaired) electrons. The minimum Gasteiger partial charge on any atom is -0.494 e. The Morgan fingerprint density at radius 1 is 0.846 bits per heavy atom. The number of anilines is 1. The standard InChI is InChI=1S/C34H48N2O3/c1-5-6-7-8-9-10-11-12-21-39-30-19-15-26(16-20-30)31(37)35-28-17-13-27(14-18-28)32(38)36-25-34(4)23-29(36)22-33(2,3)24-34/h13-20,29H,5-12,21-25H2,1-4H3,(H,35,37)/t29-,34+/m0/s1. The maximum absolute atomic E-state index is 13.3. The van der Waals surface area contributed by atoms with E-state index in [0.717, 1.165) is 38.0 Å². The van der Waals surface area contributed by atoms with Gasteiger partial charge in [0.05, 0.1) is 6.61 Å². The Kier molecular flexibility index (Phi) is 9.74. The zero-order valence-corrected chi connectivity index (χ0v) is 24.6. The SMILES string of the molecule is CCCCCCCCCCOc1ccc(C(=O)Nc2ccc(C(=O)N3C[C@]4(C)C[C@@H]3CC(C)(C)C4)cc2)cc1. The van der Waals surface area contributed by atoms with Gasteiger partial charge in [-0.25, -0.2) is 0 Å².